The van der Waals surface area contributed by atoms with Gasteiger partial charge in [-0.1, -0.05) is 26.7 Å². The molecule has 1 saturated carbocycles. The Labute approximate surface area is 122 Å². The van der Waals surface area contributed by atoms with Gasteiger partial charge in [0.1, 0.15) is 0 Å². The molecule has 0 radical (unpaired) electrons. The molecular weight excluding hydrogens is 246 g/mol. The predicted octanol–water partition coefficient (Wildman–Crippen LogP) is 3.94. The Kier molecular flexibility index (Phi) is 4.89. The molecule has 1 aliphatic carbocycles. The molecule has 3 heteroatoms. The van der Waals surface area contributed by atoms with Crippen LogP contribution in [0.3, 0.4) is 0 Å². The molecule has 108 valence electrons. The highest BCUT2D eigenvalue weighted by atomic mass is 15.2. The molecule has 2 rings (SSSR count). The van der Waals surface area contributed by atoms with E-state index in [0.29, 0.717) is 17.5 Å². The number of rotatable bonds is 5. The second kappa shape index (κ2) is 6.65. The van der Waals surface area contributed by atoms with Gasteiger partial charge in [-0.25, -0.2) is 0 Å². The molecule has 1 aliphatic rings. The van der Waals surface area contributed by atoms with Gasteiger partial charge in [0.25, 0.3) is 0 Å². The predicted molar refractivity (Wildman–Crippen MR) is 84.6 cm³/mol. The Balaban J connectivity index is 2.23. The summed E-state index contributed by atoms with van der Waals surface area (Å²) in [5, 5.41) is 8.96. The van der Waals surface area contributed by atoms with Crippen molar-refractivity contribution in [3.63, 3.8) is 0 Å². The summed E-state index contributed by atoms with van der Waals surface area (Å²) in [5.41, 5.74) is 8.66. The molecule has 1 aromatic rings. The fraction of sp³-hybridized carbons (Fsp3) is 0.588. The molecule has 0 aromatic heterocycles. The summed E-state index contributed by atoms with van der Waals surface area (Å²) in [6.07, 6.45) is 6.34. The lowest BCUT2D eigenvalue weighted by Crippen LogP contribution is -2.35. The molecule has 1 fully saturated rings. The van der Waals surface area contributed by atoms with Crippen molar-refractivity contribution in [2.75, 3.05) is 17.2 Å². The average Bonchev–Trinajstić information content (AvgIpc) is 2.94. The van der Waals surface area contributed by atoms with Crippen LogP contribution in [-0.4, -0.2) is 12.6 Å². The van der Waals surface area contributed by atoms with E-state index in [1.807, 2.05) is 12.1 Å². The maximum Gasteiger partial charge on any atom is 0.0992 e. The second-order valence-electron chi connectivity index (χ2n) is 6.20. The van der Waals surface area contributed by atoms with E-state index in [2.05, 4.69) is 24.8 Å². The van der Waals surface area contributed by atoms with E-state index in [9.17, 15) is 0 Å². The molecular formula is C17H25N3. The van der Waals surface area contributed by atoms with Gasteiger partial charge in [-0.3, -0.25) is 0 Å². The van der Waals surface area contributed by atoms with Crippen LogP contribution < -0.4 is 10.6 Å². The summed E-state index contributed by atoms with van der Waals surface area (Å²) in [6.45, 7) is 5.57. The fourth-order valence-corrected chi connectivity index (χ4v) is 3.00. The summed E-state index contributed by atoms with van der Waals surface area (Å²) in [5.74, 6) is 0.693. The summed E-state index contributed by atoms with van der Waals surface area (Å²) in [4.78, 5) is 2.48. The van der Waals surface area contributed by atoms with E-state index in [4.69, 9.17) is 11.0 Å². The van der Waals surface area contributed by atoms with Gasteiger partial charge in [-0.15, -0.1) is 0 Å². The standard InChI is InChI=1S/C17H25N3/c1-13(2)9-10-20(15-5-3-4-6-15)17-8-7-14(12-18)11-16(17)19/h7-8,11,13,15H,3-6,9-10,19H2,1-2H3. The number of anilines is 2. The molecule has 0 amide bonds. The highest BCUT2D eigenvalue weighted by Gasteiger charge is 2.24. The van der Waals surface area contributed by atoms with Gasteiger partial charge in [0.2, 0.25) is 0 Å². The highest BCUT2D eigenvalue weighted by molar-refractivity contribution is 5.70. The van der Waals surface area contributed by atoms with Gasteiger partial charge >= 0.3 is 0 Å². The maximum atomic E-state index is 8.96. The van der Waals surface area contributed by atoms with E-state index < -0.39 is 0 Å². The van der Waals surface area contributed by atoms with Crippen LogP contribution in [0.1, 0.15) is 51.5 Å². The van der Waals surface area contributed by atoms with Crippen LogP contribution in [-0.2, 0) is 0 Å². The van der Waals surface area contributed by atoms with Crippen LogP contribution in [0.4, 0.5) is 11.4 Å². The number of nitrogens with two attached hydrogens (primary N) is 1. The number of nitrogens with zero attached hydrogens (tertiary/aromatic N) is 2. The monoisotopic (exact) mass is 271 g/mol. The number of nitrogen functional groups attached to an aromatic ring is 1. The summed E-state index contributed by atoms with van der Waals surface area (Å²) in [7, 11) is 0. The third-order valence-corrected chi connectivity index (χ3v) is 4.18. The minimum atomic E-state index is 0.615. The Bertz CT molecular complexity index is 481. The topological polar surface area (TPSA) is 53.0 Å². The smallest absolute Gasteiger partial charge is 0.0992 e. The Morgan fingerprint density at radius 3 is 2.60 bits per heavy atom. The van der Waals surface area contributed by atoms with Crippen molar-refractivity contribution in [2.24, 2.45) is 5.92 Å². The molecule has 0 unspecified atom stereocenters. The third kappa shape index (κ3) is 3.45. The first kappa shape index (κ1) is 14.7. The van der Waals surface area contributed by atoms with Crippen LogP contribution in [0.25, 0.3) is 0 Å². The zero-order chi connectivity index (χ0) is 14.5. The first-order valence-electron chi connectivity index (χ1n) is 7.68. The molecule has 0 atom stereocenters. The quantitative estimate of drug-likeness (QED) is 0.825. The van der Waals surface area contributed by atoms with Crippen LogP contribution in [0, 0.1) is 17.2 Å². The molecule has 0 bridgehead atoms. The van der Waals surface area contributed by atoms with Gasteiger partial charge in [-0.05, 0) is 43.4 Å². The van der Waals surface area contributed by atoms with Crippen molar-refractivity contribution in [2.45, 2.75) is 52.0 Å². The van der Waals surface area contributed by atoms with Crippen LogP contribution in [0.2, 0.25) is 0 Å². The van der Waals surface area contributed by atoms with Gasteiger partial charge in [0.05, 0.1) is 23.0 Å². The number of nitriles is 1. The molecule has 0 heterocycles. The van der Waals surface area contributed by atoms with Gasteiger partial charge in [0.15, 0.2) is 0 Å². The number of hydrogen-bond acceptors (Lipinski definition) is 3. The molecule has 1 aromatic carbocycles. The number of hydrogen-bond donors (Lipinski definition) is 1. The molecule has 0 saturated heterocycles. The second-order valence-corrected chi connectivity index (χ2v) is 6.20. The lowest BCUT2D eigenvalue weighted by atomic mass is 10.1. The van der Waals surface area contributed by atoms with Gasteiger partial charge < -0.3 is 10.6 Å². The molecule has 0 aliphatic heterocycles. The minimum absolute atomic E-state index is 0.615. The summed E-state index contributed by atoms with van der Waals surface area (Å²) < 4.78 is 0. The Morgan fingerprint density at radius 2 is 2.05 bits per heavy atom. The third-order valence-electron chi connectivity index (χ3n) is 4.18. The molecule has 0 spiro atoms. The first-order chi connectivity index (χ1) is 9.61. The van der Waals surface area contributed by atoms with E-state index in [1.54, 1.807) is 6.07 Å². The zero-order valence-corrected chi connectivity index (χ0v) is 12.6. The van der Waals surface area contributed by atoms with Crippen molar-refractivity contribution in [1.82, 2.24) is 0 Å². The van der Waals surface area contributed by atoms with Crippen LogP contribution in [0.5, 0.6) is 0 Å². The normalized spacial score (nSPS) is 15.5. The van der Waals surface area contributed by atoms with Crippen molar-refractivity contribution in [3.8, 4) is 6.07 Å². The van der Waals surface area contributed by atoms with Crippen molar-refractivity contribution >= 4 is 11.4 Å². The van der Waals surface area contributed by atoms with E-state index >= 15 is 0 Å². The van der Waals surface area contributed by atoms with Crippen molar-refractivity contribution in [3.05, 3.63) is 23.8 Å². The van der Waals surface area contributed by atoms with Crippen LogP contribution >= 0.6 is 0 Å². The Morgan fingerprint density at radius 1 is 1.35 bits per heavy atom. The summed E-state index contributed by atoms with van der Waals surface area (Å²) in [6, 6.07) is 8.47. The van der Waals surface area contributed by atoms with Crippen LogP contribution in [0.15, 0.2) is 18.2 Å². The molecule has 2 N–H and O–H groups in total. The van der Waals surface area contributed by atoms with Gasteiger partial charge in [0, 0.05) is 12.6 Å². The van der Waals surface area contributed by atoms with E-state index in [-0.39, 0.29) is 0 Å². The SMILES string of the molecule is CC(C)CCN(c1ccc(C#N)cc1N)C1CCCC1. The first-order valence-corrected chi connectivity index (χ1v) is 7.68. The molecule has 20 heavy (non-hydrogen) atoms. The van der Waals surface area contributed by atoms with E-state index in [0.717, 1.165) is 17.9 Å². The largest absolute Gasteiger partial charge is 0.397 e. The number of benzene rings is 1. The average molecular weight is 271 g/mol. The zero-order valence-electron chi connectivity index (χ0n) is 12.6. The van der Waals surface area contributed by atoms with Gasteiger partial charge in [-0.2, -0.15) is 5.26 Å². The fourth-order valence-electron chi connectivity index (χ4n) is 3.00. The minimum Gasteiger partial charge on any atom is -0.397 e. The summed E-state index contributed by atoms with van der Waals surface area (Å²) >= 11 is 0. The van der Waals surface area contributed by atoms with E-state index in [1.165, 1.54) is 32.1 Å². The molecule has 3 nitrogen and oxygen atoms in total. The highest BCUT2D eigenvalue weighted by Crippen LogP contribution is 2.32. The lowest BCUT2D eigenvalue weighted by Gasteiger charge is -2.33. The van der Waals surface area contributed by atoms with Crippen molar-refractivity contribution in [1.29, 1.82) is 5.26 Å². The maximum absolute atomic E-state index is 8.96. The Hall–Kier alpha value is -1.69. The van der Waals surface area contributed by atoms with Crippen molar-refractivity contribution < 1.29 is 0 Å². The lowest BCUT2D eigenvalue weighted by molar-refractivity contribution is 0.529.